The number of likely N-dealkylation sites (N-methyl/N-ethyl adjacent to an activating group) is 1. The predicted molar refractivity (Wildman–Crippen MR) is 79.1 cm³/mol. The van der Waals surface area contributed by atoms with Gasteiger partial charge in [-0.3, -0.25) is 0 Å². The fraction of sp³-hybridized carbons (Fsp3) is 0.467. The van der Waals surface area contributed by atoms with Gasteiger partial charge in [0.2, 0.25) is 11.8 Å². The van der Waals surface area contributed by atoms with E-state index in [1.807, 2.05) is 6.92 Å². The minimum Gasteiger partial charge on any atom is -0.423 e. The van der Waals surface area contributed by atoms with Gasteiger partial charge >= 0.3 is 0 Å². The second kappa shape index (κ2) is 5.53. The number of nitrogens with zero attached hydrogens (tertiary/aromatic N) is 4. The van der Waals surface area contributed by atoms with Crippen molar-refractivity contribution >= 4 is 11.4 Å². The lowest BCUT2D eigenvalue weighted by Gasteiger charge is -2.37. The standard InChI is InChI=1S/C15H20N4O/c1-3-14-16-17-15(20-14)11-19-10-9-18(4-2)12-7-5-6-8-13(12)19/h5-8H,3-4,9-11H2,1-2H3. The van der Waals surface area contributed by atoms with E-state index in [9.17, 15) is 0 Å². The van der Waals surface area contributed by atoms with Crippen molar-refractivity contribution in [2.45, 2.75) is 26.8 Å². The average molecular weight is 272 g/mol. The number of hydrogen-bond acceptors (Lipinski definition) is 5. The smallest absolute Gasteiger partial charge is 0.235 e. The van der Waals surface area contributed by atoms with E-state index in [2.05, 4.69) is 51.2 Å². The Kier molecular flexibility index (Phi) is 3.58. The molecule has 1 aliphatic rings. The van der Waals surface area contributed by atoms with Crippen molar-refractivity contribution in [2.24, 2.45) is 0 Å². The lowest BCUT2D eigenvalue weighted by Crippen LogP contribution is -2.40. The molecular formula is C15H20N4O. The number of anilines is 2. The number of rotatable bonds is 4. The van der Waals surface area contributed by atoms with E-state index in [4.69, 9.17) is 4.42 Å². The summed E-state index contributed by atoms with van der Waals surface area (Å²) in [6.07, 6.45) is 0.785. The highest BCUT2D eigenvalue weighted by molar-refractivity contribution is 5.73. The minimum atomic E-state index is 0.682. The topological polar surface area (TPSA) is 45.4 Å². The third-order valence-electron chi connectivity index (χ3n) is 3.72. The molecule has 5 heteroatoms. The van der Waals surface area contributed by atoms with Crippen LogP contribution >= 0.6 is 0 Å². The molecule has 1 aromatic carbocycles. The number of benzene rings is 1. The van der Waals surface area contributed by atoms with Crippen LogP contribution in [0.15, 0.2) is 28.7 Å². The van der Waals surface area contributed by atoms with Crippen molar-refractivity contribution in [3.05, 3.63) is 36.0 Å². The van der Waals surface area contributed by atoms with E-state index in [0.717, 1.165) is 26.1 Å². The van der Waals surface area contributed by atoms with Crippen molar-refractivity contribution < 1.29 is 4.42 Å². The third-order valence-corrected chi connectivity index (χ3v) is 3.72. The molecule has 2 aromatic rings. The molecule has 0 saturated carbocycles. The first-order chi connectivity index (χ1) is 9.81. The number of aromatic nitrogens is 2. The molecule has 0 saturated heterocycles. The number of para-hydroxylation sites is 2. The van der Waals surface area contributed by atoms with Crippen LogP contribution in [0, 0.1) is 0 Å². The minimum absolute atomic E-state index is 0.682. The largest absolute Gasteiger partial charge is 0.423 e. The first-order valence-electron chi connectivity index (χ1n) is 7.22. The highest BCUT2D eigenvalue weighted by Crippen LogP contribution is 2.33. The Bertz CT molecular complexity index is 581. The van der Waals surface area contributed by atoms with Crippen LogP contribution < -0.4 is 9.80 Å². The van der Waals surface area contributed by atoms with Crippen LogP contribution in [0.3, 0.4) is 0 Å². The number of hydrogen-bond donors (Lipinski definition) is 0. The van der Waals surface area contributed by atoms with Gasteiger partial charge in [-0.1, -0.05) is 19.1 Å². The molecule has 2 heterocycles. The van der Waals surface area contributed by atoms with Gasteiger partial charge in [-0.2, -0.15) is 0 Å². The van der Waals surface area contributed by atoms with E-state index >= 15 is 0 Å². The molecular weight excluding hydrogens is 252 g/mol. The zero-order valence-corrected chi connectivity index (χ0v) is 12.0. The van der Waals surface area contributed by atoms with E-state index in [0.29, 0.717) is 18.3 Å². The molecule has 0 atom stereocenters. The van der Waals surface area contributed by atoms with Crippen molar-refractivity contribution in [3.8, 4) is 0 Å². The molecule has 106 valence electrons. The molecule has 0 radical (unpaired) electrons. The molecule has 20 heavy (non-hydrogen) atoms. The summed E-state index contributed by atoms with van der Waals surface area (Å²) in [4.78, 5) is 4.71. The Labute approximate surface area is 119 Å². The van der Waals surface area contributed by atoms with E-state index in [1.54, 1.807) is 0 Å². The zero-order valence-electron chi connectivity index (χ0n) is 12.0. The zero-order chi connectivity index (χ0) is 13.9. The summed E-state index contributed by atoms with van der Waals surface area (Å²) in [5.41, 5.74) is 2.54. The molecule has 3 rings (SSSR count). The average Bonchev–Trinajstić information content (AvgIpc) is 2.95. The Morgan fingerprint density at radius 2 is 1.65 bits per heavy atom. The summed E-state index contributed by atoms with van der Waals surface area (Å²) in [6, 6.07) is 8.51. The summed E-state index contributed by atoms with van der Waals surface area (Å²) in [5, 5.41) is 8.15. The maximum atomic E-state index is 5.63. The fourth-order valence-electron chi connectivity index (χ4n) is 2.63. The Balaban J connectivity index is 1.84. The maximum absolute atomic E-state index is 5.63. The molecule has 0 N–H and O–H groups in total. The highest BCUT2D eigenvalue weighted by atomic mass is 16.4. The first-order valence-corrected chi connectivity index (χ1v) is 7.22. The lowest BCUT2D eigenvalue weighted by atomic mass is 10.1. The predicted octanol–water partition coefficient (Wildman–Crippen LogP) is 2.48. The van der Waals surface area contributed by atoms with Crippen LogP contribution in [0.4, 0.5) is 11.4 Å². The van der Waals surface area contributed by atoms with Gasteiger partial charge in [0, 0.05) is 26.1 Å². The lowest BCUT2D eigenvalue weighted by molar-refractivity contribution is 0.448. The normalized spacial score (nSPS) is 14.5. The van der Waals surface area contributed by atoms with Gasteiger partial charge in [0.1, 0.15) is 0 Å². The quantitative estimate of drug-likeness (QED) is 0.855. The Morgan fingerprint density at radius 3 is 2.30 bits per heavy atom. The number of aryl methyl sites for hydroxylation is 1. The summed E-state index contributed by atoms with van der Waals surface area (Å²) in [5.74, 6) is 1.40. The first kappa shape index (κ1) is 13.0. The molecule has 0 spiro atoms. The van der Waals surface area contributed by atoms with Crippen LogP contribution in [0.25, 0.3) is 0 Å². The molecule has 1 aliphatic heterocycles. The van der Waals surface area contributed by atoms with Gasteiger partial charge in [0.25, 0.3) is 0 Å². The summed E-state index contributed by atoms with van der Waals surface area (Å²) in [6.45, 7) is 7.94. The summed E-state index contributed by atoms with van der Waals surface area (Å²) in [7, 11) is 0. The van der Waals surface area contributed by atoms with Crippen LogP contribution in [0.2, 0.25) is 0 Å². The van der Waals surface area contributed by atoms with Gasteiger partial charge in [0.05, 0.1) is 17.9 Å². The second-order valence-electron chi connectivity index (χ2n) is 4.93. The van der Waals surface area contributed by atoms with Crippen LogP contribution in [-0.2, 0) is 13.0 Å². The molecule has 0 amide bonds. The molecule has 1 aromatic heterocycles. The molecule has 0 aliphatic carbocycles. The van der Waals surface area contributed by atoms with Gasteiger partial charge in [-0.05, 0) is 19.1 Å². The molecule has 0 bridgehead atoms. The van der Waals surface area contributed by atoms with Crippen molar-refractivity contribution in [1.29, 1.82) is 0 Å². The van der Waals surface area contributed by atoms with Crippen LogP contribution in [-0.4, -0.2) is 29.8 Å². The third kappa shape index (κ3) is 2.35. The Hall–Kier alpha value is -2.04. The van der Waals surface area contributed by atoms with E-state index in [-0.39, 0.29) is 0 Å². The number of fused-ring (bicyclic) bond motifs is 1. The van der Waals surface area contributed by atoms with Gasteiger partial charge in [0.15, 0.2) is 0 Å². The molecule has 5 nitrogen and oxygen atoms in total. The van der Waals surface area contributed by atoms with Crippen molar-refractivity contribution in [2.75, 3.05) is 29.4 Å². The van der Waals surface area contributed by atoms with Crippen molar-refractivity contribution in [3.63, 3.8) is 0 Å². The van der Waals surface area contributed by atoms with Crippen LogP contribution in [0.5, 0.6) is 0 Å². The van der Waals surface area contributed by atoms with Crippen molar-refractivity contribution in [1.82, 2.24) is 10.2 Å². The molecule has 0 fully saturated rings. The highest BCUT2D eigenvalue weighted by Gasteiger charge is 2.22. The Morgan fingerprint density at radius 1 is 1.00 bits per heavy atom. The van der Waals surface area contributed by atoms with E-state index in [1.165, 1.54) is 11.4 Å². The van der Waals surface area contributed by atoms with Gasteiger partial charge < -0.3 is 14.2 Å². The fourth-order valence-corrected chi connectivity index (χ4v) is 2.63. The summed E-state index contributed by atoms with van der Waals surface area (Å²) >= 11 is 0. The monoisotopic (exact) mass is 272 g/mol. The molecule has 0 unspecified atom stereocenters. The van der Waals surface area contributed by atoms with Crippen LogP contribution in [0.1, 0.15) is 25.6 Å². The summed E-state index contributed by atoms with van der Waals surface area (Å²) < 4.78 is 5.63. The van der Waals surface area contributed by atoms with Gasteiger partial charge in [-0.15, -0.1) is 10.2 Å². The van der Waals surface area contributed by atoms with E-state index < -0.39 is 0 Å². The second-order valence-corrected chi connectivity index (χ2v) is 4.93. The van der Waals surface area contributed by atoms with Gasteiger partial charge in [-0.25, -0.2) is 0 Å². The maximum Gasteiger partial charge on any atom is 0.235 e. The SMILES string of the molecule is CCc1nnc(CN2CCN(CC)c3ccccc32)o1.